The number of amides is 1. The quantitative estimate of drug-likeness (QED) is 0.434. The van der Waals surface area contributed by atoms with Crippen molar-refractivity contribution in [1.29, 1.82) is 0 Å². The van der Waals surface area contributed by atoms with Gasteiger partial charge in [-0.1, -0.05) is 41.4 Å². The topological polar surface area (TPSA) is 107 Å². The van der Waals surface area contributed by atoms with Gasteiger partial charge in [0.2, 0.25) is 11.7 Å². The number of carbonyl (C=O) groups excluding carboxylic acids is 3. The number of nitrogens with one attached hydrogen (secondary N) is 1. The van der Waals surface area contributed by atoms with Gasteiger partial charge in [0.25, 0.3) is 5.56 Å². The van der Waals surface area contributed by atoms with Gasteiger partial charge in [-0.25, -0.2) is 9.78 Å². The van der Waals surface area contributed by atoms with Gasteiger partial charge in [-0.05, 0) is 36.2 Å². The second-order valence-corrected chi connectivity index (χ2v) is 8.22. The Bertz CT molecular complexity index is 1430. The maximum Gasteiger partial charge on any atom is 0.328 e. The largest absolute Gasteiger partial charge is 0.467 e. The van der Waals surface area contributed by atoms with Crippen molar-refractivity contribution in [3.8, 4) is 5.69 Å². The monoisotopic (exact) mass is 485 g/mol. The molecule has 2 heterocycles. The number of halogens is 2. The van der Waals surface area contributed by atoms with Gasteiger partial charge in [0.15, 0.2) is 5.82 Å². The highest BCUT2D eigenvalue weighted by Crippen LogP contribution is 2.30. The van der Waals surface area contributed by atoms with Crippen molar-refractivity contribution < 1.29 is 19.1 Å². The number of rotatable bonds is 5. The highest BCUT2D eigenvalue weighted by Gasteiger charge is 2.31. The SMILES string of the molecule is COC(=O)C(C/C=C/c1ccc2c(c1)C(=O)c1nc3cc(Cl)cc(Cl)c3c(=O)n1-2)NC(C)=O. The van der Waals surface area contributed by atoms with Crippen molar-refractivity contribution in [2.75, 3.05) is 7.11 Å². The summed E-state index contributed by atoms with van der Waals surface area (Å²) >= 11 is 12.2. The first-order valence-corrected chi connectivity index (χ1v) is 10.6. The van der Waals surface area contributed by atoms with Gasteiger partial charge in [-0.2, -0.15) is 0 Å². The Kier molecular flexibility index (Phi) is 6.05. The smallest absolute Gasteiger partial charge is 0.328 e. The number of hydrogen-bond acceptors (Lipinski definition) is 6. The second kappa shape index (κ2) is 8.80. The molecule has 1 aromatic heterocycles. The molecule has 8 nitrogen and oxygen atoms in total. The lowest BCUT2D eigenvalue weighted by atomic mass is 10.1. The van der Waals surface area contributed by atoms with Crippen LogP contribution in [0.25, 0.3) is 22.7 Å². The van der Waals surface area contributed by atoms with E-state index in [9.17, 15) is 19.2 Å². The third kappa shape index (κ3) is 4.15. The number of hydrogen-bond donors (Lipinski definition) is 1. The summed E-state index contributed by atoms with van der Waals surface area (Å²) in [4.78, 5) is 53.6. The number of ketones is 1. The molecule has 3 aromatic rings. The van der Waals surface area contributed by atoms with E-state index in [1.54, 1.807) is 30.4 Å². The Hall–Kier alpha value is -3.49. The Morgan fingerprint density at radius 1 is 1.21 bits per heavy atom. The number of methoxy groups -OCH3 is 1. The minimum atomic E-state index is -0.823. The van der Waals surface area contributed by atoms with Crippen LogP contribution in [0.3, 0.4) is 0 Å². The molecule has 10 heteroatoms. The molecular weight excluding hydrogens is 469 g/mol. The summed E-state index contributed by atoms with van der Waals surface area (Å²) in [6.07, 6.45) is 3.59. The first-order chi connectivity index (χ1) is 15.7. The number of ether oxygens (including phenoxy) is 1. The number of aromatic nitrogens is 2. The predicted octanol–water partition coefficient (Wildman–Crippen LogP) is 3.32. The molecule has 0 aliphatic carbocycles. The molecule has 1 atom stereocenters. The molecule has 1 N–H and O–H groups in total. The van der Waals surface area contributed by atoms with E-state index >= 15 is 0 Å². The molecule has 33 heavy (non-hydrogen) atoms. The van der Waals surface area contributed by atoms with E-state index in [2.05, 4.69) is 10.3 Å². The van der Waals surface area contributed by atoms with E-state index in [0.29, 0.717) is 21.8 Å². The van der Waals surface area contributed by atoms with E-state index in [1.807, 2.05) is 0 Å². The Morgan fingerprint density at radius 2 is 1.97 bits per heavy atom. The minimum absolute atomic E-state index is 0.0154. The molecule has 0 saturated carbocycles. The van der Waals surface area contributed by atoms with Crippen LogP contribution >= 0.6 is 23.2 Å². The summed E-state index contributed by atoms with van der Waals surface area (Å²) in [7, 11) is 1.24. The van der Waals surface area contributed by atoms with Gasteiger partial charge in [0.05, 0.1) is 34.3 Å². The Labute approximate surface area is 197 Å². The molecule has 1 aliphatic heterocycles. The zero-order valence-corrected chi connectivity index (χ0v) is 19.0. The van der Waals surface area contributed by atoms with E-state index in [4.69, 9.17) is 27.9 Å². The third-order valence-corrected chi connectivity index (χ3v) is 5.66. The molecule has 0 fully saturated rings. The van der Waals surface area contributed by atoms with Gasteiger partial charge in [0, 0.05) is 11.9 Å². The van der Waals surface area contributed by atoms with Gasteiger partial charge in [-0.3, -0.25) is 19.0 Å². The summed E-state index contributed by atoms with van der Waals surface area (Å²) in [6.45, 7) is 1.31. The van der Waals surface area contributed by atoms with Gasteiger partial charge < -0.3 is 10.1 Å². The van der Waals surface area contributed by atoms with Crippen LogP contribution in [0.4, 0.5) is 0 Å². The average molecular weight is 486 g/mol. The second-order valence-electron chi connectivity index (χ2n) is 7.38. The fourth-order valence-corrected chi connectivity index (χ4v) is 4.27. The van der Waals surface area contributed by atoms with Crippen LogP contribution in [-0.2, 0) is 14.3 Å². The van der Waals surface area contributed by atoms with Crippen molar-refractivity contribution in [1.82, 2.24) is 14.9 Å². The van der Waals surface area contributed by atoms with Crippen molar-refractivity contribution in [2.45, 2.75) is 19.4 Å². The van der Waals surface area contributed by atoms with Gasteiger partial charge in [-0.15, -0.1) is 0 Å². The highest BCUT2D eigenvalue weighted by atomic mass is 35.5. The minimum Gasteiger partial charge on any atom is -0.467 e. The predicted molar refractivity (Wildman–Crippen MR) is 124 cm³/mol. The number of benzene rings is 2. The molecular formula is C23H17Cl2N3O5. The molecule has 1 amide bonds. The van der Waals surface area contributed by atoms with Crippen LogP contribution in [0.15, 0.2) is 41.2 Å². The van der Waals surface area contributed by atoms with Crippen molar-refractivity contribution in [3.05, 3.63) is 73.8 Å². The van der Waals surface area contributed by atoms with E-state index < -0.39 is 23.4 Å². The Balaban J connectivity index is 1.69. The normalized spacial score (nSPS) is 13.2. The van der Waals surface area contributed by atoms with Crippen molar-refractivity contribution in [2.24, 2.45) is 0 Å². The van der Waals surface area contributed by atoms with E-state index in [1.165, 1.54) is 30.7 Å². The van der Waals surface area contributed by atoms with Crippen LogP contribution in [0.1, 0.15) is 35.1 Å². The van der Waals surface area contributed by atoms with Crippen LogP contribution in [-0.4, -0.2) is 40.4 Å². The molecule has 0 saturated heterocycles. The summed E-state index contributed by atoms with van der Waals surface area (Å²) in [5.74, 6) is -1.34. The Morgan fingerprint density at radius 3 is 2.67 bits per heavy atom. The number of esters is 1. The molecule has 1 aliphatic rings. The third-order valence-electron chi connectivity index (χ3n) is 5.14. The molecule has 168 valence electrons. The average Bonchev–Trinajstić information content (AvgIpc) is 3.03. The zero-order chi connectivity index (χ0) is 23.9. The van der Waals surface area contributed by atoms with E-state index in [0.717, 1.165) is 0 Å². The van der Waals surface area contributed by atoms with Crippen molar-refractivity contribution >= 4 is 57.8 Å². The fourth-order valence-electron chi connectivity index (χ4n) is 3.70. The van der Waals surface area contributed by atoms with Crippen LogP contribution in [0.5, 0.6) is 0 Å². The first kappa shape index (κ1) is 22.7. The van der Waals surface area contributed by atoms with Gasteiger partial charge >= 0.3 is 5.97 Å². The zero-order valence-electron chi connectivity index (χ0n) is 17.5. The summed E-state index contributed by atoms with van der Waals surface area (Å²) in [5.41, 5.74) is 1.18. The highest BCUT2D eigenvalue weighted by molar-refractivity contribution is 6.38. The molecule has 0 bridgehead atoms. The molecule has 2 aromatic carbocycles. The maximum absolute atomic E-state index is 13.1. The van der Waals surface area contributed by atoms with Gasteiger partial charge in [0.1, 0.15) is 6.04 Å². The molecule has 1 unspecified atom stereocenters. The first-order valence-electron chi connectivity index (χ1n) is 9.83. The lowest BCUT2D eigenvalue weighted by Crippen LogP contribution is -2.39. The summed E-state index contributed by atoms with van der Waals surface area (Å²) in [6, 6.07) is 7.12. The molecule has 0 spiro atoms. The van der Waals surface area contributed by atoms with E-state index in [-0.39, 0.29) is 34.1 Å². The lowest BCUT2D eigenvalue weighted by molar-refractivity contribution is -0.144. The maximum atomic E-state index is 13.1. The summed E-state index contributed by atoms with van der Waals surface area (Å²) in [5, 5.41) is 3.17. The standard InChI is InChI=1S/C23H17Cl2N3O5/c1-11(29)26-16(23(32)33-2)5-3-4-12-6-7-18-14(8-12)20(30)21-27-17-10-13(24)9-15(25)19(17)22(31)28(18)21/h3-4,6-10,16H,5H2,1-2H3,(H,26,29)/b4-3+. The van der Waals surface area contributed by atoms with Crippen molar-refractivity contribution in [3.63, 3.8) is 0 Å². The number of nitrogens with zero attached hydrogens (tertiary/aromatic N) is 2. The number of carbonyl (C=O) groups is 3. The van der Waals surface area contributed by atoms with Crippen LogP contribution in [0.2, 0.25) is 10.0 Å². The van der Waals surface area contributed by atoms with Crippen LogP contribution in [0, 0.1) is 0 Å². The summed E-state index contributed by atoms with van der Waals surface area (Å²) < 4.78 is 5.94. The molecule has 0 radical (unpaired) electrons. The molecule has 4 rings (SSSR count). The number of fused-ring (bicyclic) bond motifs is 4. The van der Waals surface area contributed by atoms with Crippen LogP contribution < -0.4 is 10.9 Å². The fraction of sp³-hybridized carbons (Fsp3) is 0.174. The lowest BCUT2D eigenvalue weighted by Gasteiger charge is -2.13.